The molecule has 1 saturated heterocycles. The van der Waals surface area contributed by atoms with E-state index in [2.05, 4.69) is 35.8 Å². The largest absolute Gasteiger partial charge is 0.444 e. The molecule has 1 aliphatic carbocycles. The number of hydrogen-bond acceptors (Lipinski definition) is 5. The van der Waals surface area contributed by atoms with Crippen molar-refractivity contribution in [2.45, 2.75) is 74.7 Å². The standard InChI is InChI=1S/C26H37N3O3S/c1-6-20(17-19-7-9-22(10-8-19)33-23-11-12-23)28-24(27-5)18-31-21-13-15-29(16-14-21)25(30)32-26(2,3)4/h6-10,21,23H,1,11-18H2,2-5H3. The lowest BCUT2D eigenvalue weighted by atomic mass is 10.1. The molecule has 0 spiro atoms. The number of allylic oxidation sites excluding steroid dienone is 1. The Kier molecular flexibility index (Phi) is 9.15. The van der Waals surface area contributed by atoms with Crippen molar-refractivity contribution in [2.75, 3.05) is 26.7 Å². The van der Waals surface area contributed by atoms with Crippen LogP contribution in [0.25, 0.3) is 0 Å². The molecule has 1 saturated carbocycles. The van der Waals surface area contributed by atoms with Crippen molar-refractivity contribution in [1.82, 2.24) is 4.90 Å². The van der Waals surface area contributed by atoms with Crippen LogP contribution < -0.4 is 0 Å². The van der Waals surface area contributed by atoms with E-state index in [1.54, 1.807) is 18.0 Å². The predicted octanol–water partition coefficient (Wildman–Crippen LogP) is 5.56. The van der Waals surface area contributed by atoms with E-state index in [4.69, 9.17) is 14.5 Å². The monoisotopic (exact) mass is 471 g/mol. The molecular weight excluding hydrogens is 434 g/mol. The summed E-state index contributed by atoms with van der Waals surface area (Å²) in [4.78, 5) is 24.3. The van der Waals surface area contributed by atoms with E-state index in [0.29, 0.717) is 32.0 Å². The molecule has 1 heterocycles. The van der Waals surface area contributed by atoms with E-state index >= 15 is 0 Å². The Bertz CT molecular complexity index is 862. The number of benzene rings is 1. The van der Waals surface area contributed by atoms with E-state index in [-0.39, 0.29) is 12.2 Å². The highest BCUT2D eigenvalue weighted by Crippen LogP contribution is 2.39. The number of piperidine rings is 1. The number of amidine groups is 1. The fourth-order valence-corrected chi connectivity index (χ4v) is 4.52. The van der Waals surface area contributed by atoms with Crippen LogP contribution >= 0.6 is 11.8 Å². The van der Waals surface area contributed by atoms with Gasteiger partial charge in [-0.25, -0.2) is 9.79 Å². The summed E-state index contributed by atoms with van der Waals surface area (Å²) < 4.78 is 11.5. The van der Waals surface area contributed by atoms with Crippen molar-refractivity contribution >= 4 is 29.4 Å². The fraction of sp³-hybridized carbons (Fsp3) is 0.577. The Morgan fingerprint density at radius 3 is 2.39 bits per heavy atom. The van der Waals surface area contributed by atoms with Crippen molar-refractivity contribution in [3.63, 3.8) is 0 Å². The van der Waals surface area contributed by atoms with Crippen LogP contribution in [-0.4, -0.2) is 66.2 Å². The SMILES string of the molecule is C=CC(Cc1ccc(SC2CC2)cc1)=NC(COC1CCN(C(=O)OC(C)(C)C)CC1)=NC. The van der Waals surface area contributed by atoms with Gasteiger partial charge in [0.2, 0.25) is 0 Å². The van der Waals surface area contributed by atoms with Gasteiger partial charge in [-0.15, -0.1) is 11.8 Å². The van der Waals surface area contributed by atoms with Gasteiger partial charge in [-0.1, -0.05) is 18.7 Å². The van der Waals surface area contributed by atoms with Gasteiger partial charge in [0, 0.05) is 42.4 Å². The minimum atomic E-state index is -0.477. The molecule has 1 aliphatic heterocycles. The zero-order valence-corrected chi connectivity index (χ0v) is 21.2. The summed E-state index contributed by atoms with van der Waals surface area (Å²) in [5.74, 6) is 0.653. The molecule has 0 N–H and O–H groups in total. The number of thioether (sulfide) groups is 1. The second kappa shape index (κ2) is 11.8. The first kappa shape index (κ1) is 25.5. The molecule has 1 aromatic rings. The molecule has 6 nitrogen and oxygen atoms in total. The van der Waals surface area contributed by atoms with Crippen LogP contribution in [0, 0.1) is 0 Å². The Balaban J connectivity index is 1.45. The van der Waals surface area contributed by atoms with Gasteiger partial charge < -0.3 is 14.4 Å². The van der Waals surface area contributed by atoms with Crippen molar-refractivity contribution in [3.05, 3.63) is 42.5 Å². The molecule has 0 bridgehead atoms. The Morgan fingerprint density at radius 2 is 1.85 bits per heavy atom. The summed E-state index contributed by atoms with van der Waals surface area (Å²) >= 11 is 1.97. The maximum atomic E-state index is 12.2. The molecule has 180 valence electrons. The summed E-state index contributed by atoms with van der Waals surface area (Å²) in [6.07, 6.45) is 6.56. The van der Waals surface area contributed by atoms with Crippen molar-refractivity contribution in [2.24, 2.45) is 9.98 Å². The lowest BCUT2D eigenvalue weighted by Crippen LogP contribution is -2.43. The topological polar surface area (TPSA) is 63.5 Å². The number of hydrogen-bond donors (Lipinski definition) is 0. The van der Waals surface area contributed by atoms with Gasteiger partial charge >= 0.3 is 6.09 Å². The number of ether oxygens (including phenoxy) is 2. The van der Waals surface area contributed by atoms with Crippen LogP contribution in [0.15, 0.2) is 51.8 Å². The van der Waals surface area contributed by atoms with Crippen molar-refractivity contribution in [1.29, 1.82) is 0 Å². The molecule has 33 heavy (non-hydrogen) atoms. The summed E-state index contributed by atoms with van der Waals surface area (Å²) in [6.45, 7) is 11.2. The lowest BCUT2D eigenvalue weighted by molar-refractivity contribution is -0.00292. The molecule has 7 heteroatoms. The first-order valence-corrected chi connectivity index (χ1v) is 12.6. The molecule has 0 atom stereocenters. The summed E-state index contributed by atoms with van der Waals surface area (Å²) in [7, 11) is 1.73. The third-order valence-electron chi connectivity index (χ3n) is 5.44. The highest BCUT2D eigenvalue weighted by Gasteiger charge is 2.27. The van der Waals surface area contributed by atoms with Gasteiger partial charge in [0.25, 0.3) is 0 Å². The average Bonchev–Trinajstić information content (AvgIpc) is 3.60. The summed E-state index contributed by atoms with van der Waals surface area (Å²) in [5.41, 5.74) is 1.61. The molecule has 0 unspecified atom stereocenters. The number of carbonyl (C=O) groups excluding carboxylic acids is 1. The molecule has 2 aliphatic rings. The molecule has 0 aromatic heterocycles. The Labute approximate surface area is 202 Å². The molecule has 3 rings (SSSR count). The van der Waals surface area contributed by atoms with Gasteiger partial charge in [-0.3, -0.25) is 4.99 Å². The number of carbonyl (C=O) groups is 1. The van der Waals surface area contributed by atoms with Crippen LogP contribution in [0.5, 0.6) is 0 Å². The van der Waals surface area contributed by atoms with Gasteiger partial charge in [0.1, 0.15) is 18.0 Å². The fourth-order valence-electron chi connectivity index (χ4n) is 3.47. The van der Waals surface area contributed by atoms with E-state index in [1.165, 1.54) is 23.3 Å². The maximum Gasteiger partial charge on any atom is 0.410 e. The first-order chi connectivity index (χ1) is 15.8. The molecule has 1 aromatic carbocycles. The summed E-state index contributed by atoms with van der Waals surface area (Å²) in [6, 6.07) is 8.73. The molecule has 1 amide bonds. The van der Waals surface area contributed by atoms with E-state index in [1.807, 2.05) is 32.5 Å². The van der Waals surface area contributed by atoms with Crippen LogP contribution in [0.2, 0.25) is 0 Å². The third kappa shape index (κ3) is 8.97. The second-order valence-electron chi connectivity index (χ2n) is 9.56. The molecular formula is C26H37N3O3S. The van der Waals surface area contributed by atoms with E-state index in [0.717, 1.165) is 23.8 Å². The highest BCUT2D eigenvalue weighted by atomic mass is 32.2. The normalized spacial score (nSPS) is 18.4. The van der Waals surface area contributed by atoms with Gasteiger partial charge in [-0.05, 0) is 70.2 Å². The van der Waals surface area contributed by atoms with Crippen LogP contribution in [0.3, 0.4) is 0 Å². The average molecular weight is 472 g/mol. The van der Waals surface area contributed by atoms with Crippen LogP contribution in [0.4, 0.5) is 4.79 Å². The lowest BCUT2D eigenvalue weighted by Gasteiger charge is -2.33. The van der Waals surface area contributed by atoms with Crippen molar-refractivity contribution in [3.8, 4) is 0 Å². The van der Waals surface area contributed by atoms with Crippen LogP contribution in [0.1, 0.15) is 52.0 Å². The highest BCUT2D eigenvalue weighted by molar-refractivity contribution is 8.00. The first-order valence-electron chi connectivity index (χ1n) is 11.8. The Hall–Kier alpha value is -2.12. The number of nitrogens with zero attached hydrogens (tertiary/aromatic N) is 3. The van der Waals surface area contributed by atoms with E-state index < -0.39 is 5.60 Å². The van der Waals surface area contributed by atoms with Gasteiger partial charge in [0.15, 0.2) is 0 Å². The van der Waals surface area contributed by atoms with Crippen LogP contribution in [-0.2, 0) is 15.9 Å². The van der Waals surface area contributed by atoms with Gasteiger partial charge in [-0.2, -0.15) is 0 Å². The minimum absolute atomic E-state index is 0.0827. The van der Waals surface area contributed by atoms with E-state index in [9.17, 15) is 4.79 Å². The number of aliphatic imine (C=N–C) groups is 2. The number of amides is 1. The zero-order chi connectivity index (χ0) is 23.8. The Morgan fingerprint density at radius 1 is 1.18 bits per heavy atom. The van der Waals surface area contributed by atoms with Gasteiger partial charge in [0.05, 0.1) is 6.10 Å². The number of likely N-dealkylation sites (tertiary alicyclic amines) is 1. The minimum Gasteiger partial charge on any atom is -0.444 e. The maximum absolute atomic E-state index is 12.2. The summed E-state index contributed by atoms with van der Waals surface area (Å²) in [5, 5.41) is 0.814. The smallest absolute Gasteiger partial charge is 0.410 e. The molecule has 0 radical (unpaired) electrons. The quantitative estimate of drug-likeness (QED) is 0.368. The predicted molar refractivity (Wildman–Crippen MR) is 137 cm³/mol. The zero-order valence-electron chi connectivity index (χ0n) is 20.4. The van der Waals surface area contributed by atoms with Crippen molar-refractivity contribution < 1.29 is 14.3 Å². The second-order valence-corrected chi connectivity index (χ2v) is 10.9. The number of rotatable bonds is 8. The molecule has 2 fully saturated rings. The third-order valence-corrected chi connectivity index (χ3v) is 6.79.